The summed E-state index contributed by atoms with van der Waals surface area (Å²) < 4.78 is 34.0. The van der Waals surface area contributed by atoms with Gasteiger partial charge in [0, 0.05) is 0 Å². The summed E-state index contributed by atoms with van der Waals surface area (Å²) in [4.78, 5) is 11.0. The number of hydrogen-bond donors (Lipinski definition) is 1. The Labute approximate surface area is 141 Å². The van der Waals surface area contributed by atoms with Gasteiger partial charge in [0.05, 0.1) is 6.61 Å². The molecule has 1 N–H and O–H groups in total. The van der Waals surface area contributed by atoms with Gasteiger partial charge in [0.2, 0.25) is 0 Å². The smallest absolute Gasteiger partial charge is 0.415 e. The van der Waals surface area contributed by atoms with Crippen LogP contribution < -0.4 is 0 Å². The molecule has 8 heteroatoms. The van der Waals surface area contributed by atoms with Crippen LogP contribution in [0.2, 0.25) is 0 Å². The predicted octanol–water partition coefficient (Wildman–Crippen LogP) is 5.50. The minimum atomic E-state index is -3.90. The van der Waals surface area contributed by atoms with E-state index < -0.39 is 23.3 Å². The number of alkyl halides is 2. The van der Waals surface area contributed by atoms with E-state index in [0.29, 0.717) is 6.42 Å². The molecule has 138 valence electrons. The van der Waals surface area contributed by atoms with Crippen LogP contribution in [0.3, 0.4) is 0 Å². The van der Waals surface area contributed by atoms with Crippen molar-refractivity contribution in [1.82, 2.24) is 0 Å². The monoisotopic (exact) mass is 358 g/mol. The molecule has 0 aromatic rings. The minimum absolute atomic E-state index is 0.0496. The SMILES string of the molecule is CCCCCCCCCCCCCOC(=O)C(F)(F)SOOO. The second-order valence-corrected chi connectivity index (χ2v) is 6.23. The number of rotatable bonds is 16. The molecule has 0 aliphatic heterocycles. The van der Waals surface area contributed by atoms with Crippen LogP contribution >= 0.6 is 12.0 Å². The van der Waals surface area contributed by atoms with Crippen LogP contribution in [0.25, 0.3) is 0 Å². The van der Waals surface area contributed by atoms with Crippen molar-refractivity contribution in [2.24, 2.45) is 0 Å². The van der Waals surface area contributed by atoms with Crippen molar-refractivity contribution in [2.75, 3.05) is 6.61 Å². The molecule has 0 unspecified atom stereocenters. The van der Waals surface area contributed by atoms with Gasteiger partial charge in [-0.1, -0.05) is 76.2 Å². The highest BCUT2D eigenvalue weighted by molar-refractivity contribution is 7.96. The molecule has 0 saturated heterocycles. The van der Waals surface area contributed by atoms with Gasteiger partial charge in [-0.15, -0.1) is 4.33 Å². The van der Waals surface area contributed by atoms with Gasteiger partial charge < -0.3 is 4.74 Å². The number of ether oxygens (including phenoxy) is 1. The van der Waals surface area contributed by atoms with E-state index in [0.717, 1.165) is 19.3 Å². The van der Waals surface area contributed by atoms with E-state index in [-0.39, 0.29) is 6.61 Å². The third-order valence-corrected chi connectivity index (χ3v) is 3.89. The molecule has 0 aromatic carbocycles. The zero-order valence-corrected chi connectivity index (χ0v) is 14.5. The molecule has 0 heterocycles. The molecule has 5 nitrogen and oxygen atoms in total. The quantitative estimate of drug-likeness (QED) is 0.129. The number of unbranched alkanes of at least 4 members (excludes halogenated alkanes) is 10. The summed E-state index contributed by atoms with van der Waals surface area (Å²) in [5.74, 6) is -1.70. The van der Waals surface area contributed by atoms with Gasteiger partial charge in [-0.2, -0.15) is 8.78 Å². The summed E-state index contributed by atoms with van der Waals surface area (Å²) in [5.41, 5.74) is 0. The fourth-order valence-electron chi connectivity index (χ4n) is 2.11. The number of carbonyl (C=O) groups excluding carboxylic acids is 1. The summed E-state index contributed by atoms with van der Waals surface area (Å²) in [6, 6.07) is 0. The lowest BCUT2D eigenvalue weighted by Crippen LogP contribution is -2.27. The lowest BCUT2D eigenvalue weighted by atomic mass is 10.1. The molecule has 23 heavy (non-hydrogen) atoms. The van der Waals surface area contributed by atoms with E-state index in [1.54, 1.807) is 0 Å². The van der Waals surface area contributed by atoms with Crippen LogP contribution in [-0.2, 0) is 18.9 Å². The van der Waals surface area contributed by atoms with Crippen molar-refractivity contribution < 1.29 is 32.9 Å². The van der Waals surface area contributed by atoms with Gasteiger partial charge in [0.15, 0.2) is 0 Å². The maximum Gasteiger partial charge on any atom is 0.415 e. The molecule has 0 fully saturated rings. The molecule has 0 atom stereocenters. The highest BCUT2D eigenvalue weighted by Crippen LogP contribution is 2.31. The summed E-state index contributed by atoms with van der Waals surface area (Å²) in [5, 5.41) is 6.89. The number of halogens is 2. The standard InChI is InChI=1S/C15H28F2O5S/c1-2-3-4-5-6-7-8-9-10-11-12-13-20-14(18)15(16,17)23-22-21-19/h19H,2-13H2,1H3. The average molecular weight is 358 g/mol. The normalized spacial score (nSPS) is 11.7. The Kier molecular flexibility index (Phi) is 14.8. The van der Waals surface area contributed by atoms with Gasteiger partial charge in [-0.25, -0.2) is 10.1 Å². The molecule has 0 radical (unpaired) electrons. The molecule has 0 rings (SSSR count). The molecule has 0 aromatic heterocycles. The highest BCUT2D eigenvalue weighted by atomic mass is 32.2. The van der Waals surface area contributed by atoms with Crippen LogP contribution in [0.15, 0.2) is 0 Å². The Morgan fingerprint density at radius 1 is 0.957 bits per heavy atom. The average Bonchev–Trinajstić information content (AvgIpc) is 2.53. The molecule has 0 amide bonds. The van der Waals surface area contributed by atoms with Crippen molar-refractivity contribution >= 4 is 18.0 Å². The summed E-state index contributed by atoms with van der Waals surface area (Å²) in [7, 11) is 0. The molecular formula is C15H28F2O5S. The fourth-order valence-corrected chi connectivity index (χ4v) is 2.35. The topological polar surface area (TPSA) is 65.0 Å². The van der Waals surface area contributed by atoms with Crippen LogP contribution in [-0.4, -0.2) is 23.1 Å². The van der Waals surface area contributed by atoms with Gasteiger partial charge >= 0.3 is 11.2 Å². The van der Waals surface area contributed by atoms with Crippen molar-refractivity contribution in [2.45, 2.75) is 82.8 Å². The van der Waals surface area contributed by atoms with Crippen molar-refractivity contribution in [3.63, 3.8) is 0 Å². The second-order valence-electron chi connectivity index (χ2n) is 5.41. The van der Waals surface area contributed by atoms with E-state index in [1.165, 1.54) is 44.9 Å². The van der Waals surface area contributed by atoms with Gasteiger partial charge in [-0.05, 0) is 6.42 Å². The summed E-state index contributed by atoms with van der Waals surface area (Å²) in [6.07, 6.45) is 12.5. The number of carbonyl (C=O) groups is 1. The van der Waals surface area contributed by atoms with Crippen LogP contribution in [0.4, 0.5) is 8.78 Å². The molecular weight excluding hydrogens is 330 g/mol. The van der Waals surface area contributed by atoms with Gasteiger partial charge in [-0.3, -0.25) is 0 Å². The van der Waals surface area contributed by atoms with Crippen LogP contribution in [0.1, 0.15) is 77.6 Å². The summed E-state index contributed by atoms with van der Waals surface area (Å²) in [6.45, 7) is 2.15. The molecule has 0 aliphatic carbocycles. The third kappa shape index (κ3) is 13.7. The van der Waals surface area contributed by atoms with E-state index >= 15 is 0 Å². The predicted molar refractivity (Wildman–Crippen MR) is 84.8 cm³/mol. The van der Waals surface area contributed by atoms with Gasteiger partial charge in [0.25, 0.3) is 0 Å². The largest absolute Gasteiger partial charge is 0.460 e. The Morgan fingerprint density at radius 2 is 1.43 bits per heavy atom. The Balaban J connectivity index is 3.37. The summed E-state index contributed by atoms with van der Waals surface area (Å²) >= 11 is -0.609. The molecule has 0 aliphatic rings. The Morgan fingerprint density at radius 3 is 1.91 bits per heavy atom. The first-order valence-corrected chi connectivity index (χ1v) is 8.99. The Hall–Kier alpha value is -0.440. The maximum absolute atomic E-state index is 13.0. The minimum Gasteiger partial charge on any atom is -0.460 e. The third-order valence-electron chi connectivity index (χ3n) is 3.39. The molecule has 0 bridgehead atoms. The lowest BCUT2D eigenvalue weighted by Gasteiger charge is -2.12. The molecule has 0 saturated carbocycles. The first-order valence-electron chi connectivity index (χ1n) is 8.25. The van der Waals surface area contributed by atoms with Gasteiger partial charge in [0.1, 0.15) is 12.0 Å². The van der Waals surface area contributed by atoms with Crippen molar-refractivity contribution in [3.05, 3.63) is 0 Å². The first kappa shape index (κ1) is 22.6. The molecule has 0 spiro atoms. The van der Waals surface area contributed by atoms with E-state index in [4.69, 9.17) is 5.26 Å². The maximum atomic E-state index is 13.0. The lowest BCUT2D eigenvalue weighted by molar-refractivity contribution is -0.433. The fraction of sp³-hybridized carbons (Fsp3) is 0.933. The number of hydrogen-bond acceptors (Lipinski definition) is 6. The van der Waals surface area contributed by atoms with E-state index in [2.05, 4.69) is 21.0 Å². The van der Waals surface area contributed by atoms with Crippen molar-refractivity contribution in [3.8, 4) is 0 Å². The second kappa shape index (κ2) is 15.1. The van der Waals surface area contributed by atoms with E-state index in [9.17, 15) is 13.6 Å². The van der Waals surface area contributed by atoms with Crippen LogP contribution in [0.5, 0.6) is 0 Å². The highest BCUT2D eigenvalue weighted by Gasteiger charge is 2.44. The first-order chi connectivity index (χ1) is 11.0. The van der Waals surface area contributed by atoms with Crippen LogP contribution in [0, 0.1) is 0 Å². The van der Waals surface area contributed by atoms with Crippen molar-refractivity contribution in [1.29, 1.82) is 0 Å². The Bertz CT molecular complexity index is 293. The zero-order valence-electron chi connectivity index (χ0n) is 13.7. The zero-order chi connectivity index (χ0) is 17.4. The van der Waals surface area contributed by atoms with E-state index in [1.807, 2.05) is 0 Å². The number of esters is 1.